The summed E-state index contributed by atoms with van der Waals surface area (Å²) < 4.78 is 22.9. The Morgan fingerprint density at radius 3 is 2.62 bits per heavy atom. The highest BCUT2D eigenvalue weighted by atomic mass is 35.7. The Hall–Kier alpha value is -0.330. The molecule has 1 unspecified atom stereocenters. The molecule has 0 aliphatic carbocycles. The van der Waals surface area contributed by atoms with Crippen LogP contribution in [0.15, 0.2) is 0 Å². The monoisotopic (exact) mass is 226 g/mol. The first kappa shape index (κ1) is 10.7. The summed E-state index contributed by atoms with van der Waals surface area (Å²) in [6.07, 6.45) is 1.26. The van der Waals surface area contributed by atoms with Gasteiger partial charge < -0.3 is 5.73 Å². The van der Waals surface area contributed by atoms with Gasteiger partial charge in [-0.3, -0.25) is 4.79 Å². The normalized spacial score (nSPS) is 25.8. The van der Waals surface area contributed by atoms with E-state index in [-0.39, 0.29) is 6.54 Å². The number of amides is 1. The van der Waals surface area contributed by atoms with Crippen LogP contribution in [0.4, 0.5) is 0 Å². The molecule has 0 bridgehead atoms. The van der Waals surface area contributed by atoms with E-state index < -0.39 is 21.1 Å². The Labute approximate surface area is 81.4 Å². The molecule has 1 aliphatic rings. The third-order valence-corrected chi connectivity index (χ3v) is 3.63. The Balaban J connectivity index is 2.67. The molecule has 1 heterocycles. The van der Waals surface area contributed by atoms with Crippen molar-refractivity contribution in [2.45, 2.75) is 12.8 Å². The Kier molecular flexibility index (Phi) is 3.15. The second-order valence-corrected chi connectivity index (χ2v) is 5.55. The van der Waals surface area contributed by atoms with E-state index in [0.717, 1.165) is 4.31 Å². The fourth-order valence-electron chi connectivity index (χ4n) is 1.37. The van der Waals surface area contributed by atoms with Gasteiger partial charge in [0.25, 0.3) is 9.24 Å². The molecule has 1 amide bonds. The van der Waals surface area contributed by atoms with E-state index in [0.29, 0.717) is 19.4 Å². The standard InChI is InChI=1S/C6H11ClN2O3S/c7-13(11,12)9-3-1-2-5(4-9)6(8)10/h5H,1-4H2,(H2,8,10). The summed E-state index contributed by atoms with van der Waals surface area (Å²) in [6, 6.07) is 0. The van der Waals surface area contributed by atoms with Crippen LogP contribution >= 0.6 is 10.7 Å². The van der Waals surface area contributed by atoms with Crippen molar-refractivity contribution in [3.63, 3.8) is 0 Å². The molecule has 2 N–H and O–H groups in total. The highest BCUT2D eigenvalue weighted by Gasteiger charge is 2.29. The third-order valence-electron chi connectivity index (χ3n) is 2.09. The van der Waals surface area contributed by atoms with Gasteiger partial charge in [0.15, 0.2) is 0 Å². The highest BCUT2D eigenvalue weighted by Crippen LogP contribution is 2.20. The number of hydrogen-bond acceptors (Lipinski definition) is 3. The Morgan fingerprint density at radius 1 is 1.54 bits per heavy atom. The maximum absolute atomic E-state index is 10.9. The zero-order valence-corrected chi connectivity index (χ0v) is 8.51. The summed E-state index contributed by atoms with van der Waals surface area (Å²) in [5.41, 5.74) is 5.07. The minimum Gasteiger partial charge on any atom is -0.369 e. The molecule has 0 saturated carbocycles. The smallest absolute Gasteiger partial charge is 0.299 e. The van der Waals surface area contributed by atoms with Gasteiger partial charge in [0.05, 0.1) is 5.92 Å². The lowest BCUT2D eigenvalue weighted by atomic mass is 9.99. The molecule has 76 valence electrons. The van der Waals surface area contributed by atoms with Crippen LogP contribution in [0.25, 0.3) is 0 Å². The summed E-state index contributed by atoms with van der Waals surface area (Å²) in [6.45, 7) is 0.483. The van der Waals surface area contributed by atoms with Crippen LogP contribution in [0.3, 0.4) is 0 Å². The van der Waals surface area contributed by atoms with Gasteiger partial charge in [-0.1, -0.05) is 0 Å². The molecule has 0 aromatic carbocycles. The average Bonchev–Trinajstić information content (AvgIpc) is 2.03. The molecular weight excluding hydrogens is 216 g/mol. The zero-order chi connectivity index (χ0) is 10.1. The second kappa shape index (κ2) is 3.81. The topological polar surface area (TPSA) is 80.5 Å². The van der Waals surface area contributed by atoms with Gasteiger partial charge in [0.1, 0.15) is 0 Å². The van der Waals surface area contributed by atoms with Crippen molar-refractivity contribution in [1.29, 1.82) is 0 Å². The first-order valence-corrected chi connectivity index (χ1v) is 6.17. The van der Waals surface area contributed by atoms with Crippen molar-refractivity contribution in [2.24, 2.45) is 11.7 Å². The third kappa shape index (κ3) is 2.82. The van der Waals surface area contributed by atoms with Crippen molar-refractivity contribution in [2.75, 3.05) is 13.1 Å². The van der Waals surface area contributed by atoms with E-state index in [1.807, 2.05) is 0 Å². The molecule has 5 nitrogen and oxygen atoms in total. The summed E-state index contributed by atoms with van der Waals surface area (Å²) in [5.74, 6) is -0.868. The van der Waals surface area contributed by atoms with Gasteiger partial charge in [-0.2, -0.15) is 12.7 Å². The lowest BCUT2D eigenvalue weighted by Crippen LogP contribution is -2.42. The molecule has 1 aliphatic heterocycles. The number of piperidine rings is 1. The van der Waals surface area contributed by atoms with Crippen molar-refractivity contribution < 1.29 is 13.2 Å². The molecule has 7 heteroatoms. The van der Waals surface area contributed by atoms with Gasteiger partial charge in [-0.25, -0.2) is 0 Å². The number of carbonyl (C=O) groups is 1. The van der Waals surface area contributed by atoms with Gasteiger partial charge in [-0.15, -0.1) is 0 Å². The van der Waals surface area contributed by atoms with E-state index in [1.165, 1.54) is 0 Å². The lowest BCUT2D eigenvalue weighted by Gasteiger charge is -2.27. The molecular formula is C6H11ClN2O3S. The molecule has 1 rings (SSSR count). The fourth-order valence-corrected chi connectivity index (χ4v) is 2.45. The number of nitrogens with zero attached hydrogens (tertiary/aromatic N) is 1. The van der Waals surface area contributed by atoms with E-state index in [1.54, 1.807) is 0 Å². The van der Waals surface area contributed by atoms with Crippen LogP contribution in [0.2, 0.25) is 0 Å². The van der Waals surface area contributed by atoms with Crippen LogP contribution < -0.4 is 5.73 Å². The maximum atomic E-state index is 10.9. The minimum atomic E-state index is -3.69. The van der Waals surface area contributed by atoms with Crippen molar-refractivity contribution >= 4 is 25.8 Å². The molecule has 0 aromatic heterocycles. The number of rotatable bonds is 2. The van der Waals surface area contributed by atoms with Crippen LogP contribution in [0.5, 0.6) is 0 Å². The SMILES string of the molecule is NC(=O)C1CCCN(S(=O)(=O)Cl)C1. The first-order chi connectivity index (χ1) is 5.91. The van der Waals surface area contributed by atoms with Gasteiger partial charge in [0.2, 0.25) is 5.91 Å². The predicted molar refractivity (Wildman–Crippen MR) is 48.3 cm³/mol. The number of primary amides is 1. The minimum absolute atomic E-state index is 0.112. The van der Waals surface area contributed by atoms with Crippen LogP contribution in [0.1, 0.15) is 12.8 Å². The van der Waals surface area contributed by atoms with Crippen molar-refractivity contribution in [3.8, 4) is 0 Å². The lowest BCUT2D eigenvalue weighted by molar-refractivity contribution is -0.122. The number of nitrogens with two attached hydrogens (primary N) is 1. The molecule has 0 aromatic rings. The van der Waals surface area contributed by atoms with Gasteiger partial charge >= 0.3 is 0 Å². The van der Waals surface area contributed by atoms with Crippen molar-refractivity contribution in [3.05, 3.63) is 0 Å². The molecule has 0 radical (unpaired) electrons. The summed E-state index contributed by atoms with van der Waals surface area (Å²) >= 11 is 0. The van der Waals surface area contributed by atoms with E-state index in [9.17, 15) is 13.2 Å². The first-order valence-electron chi connectivity index (χ1n) is 3.90. The zero-order valence-electron chi connectivity index (χ0n) is 6.94. The largest absolute Gasteiger partial charge is 0.369 e. The molecule has 0 spiro atoms. The molecule has 13 heavy (non-hydrogen) atoms. The highest BCUT2D eigenvalue weighted by molar-refractivity contribution is 8.11. The van der Waals surface area contributed by atoms with Gasteiger partial charge in [0, 0.05) is 23.8 Å². The molecule has 1 atom stereocenters. The van der Waals surface area contributed by atoms with E-state index in [4.69, 9.17) is 16.4 Å². The van der Waals surface area contributed by atoms with Crippen LogP contribution in [0, 0.1) is 5.92 Å². The molecule has 1 saturated heterocycles. The van der Waals surface area contributed by atoms with E-state index in [2.05, 4.69) is 0 Å². The number of carbonyl (C=O) groups excluding carboxylic acids is 1. The Morgan fingerprint density at radius 2 is 2.15 bits per heavy atom. The van der Waals surface area contributed by atoms with E-state index >= 15 is 0 Å². The second-order valence-electron chi connectivity index (χ2n) is 3.04. The summed E-state index contributed by atoms with van der Waals surface area (Å²) in [5, 5.41) is 0. The molecule has 1 fully saturated rings. The van der Waals surface area contributed by atoms with Crippen LogP contribution in [-0.4, -0.2) is 31.7 Å². The average molecular weight is 227 g/mol. The maximum Gasteiger partial charge on any atom is 0.299 e. The summed E-state index contributed by atoms with van der Waals surface area (Å²) in [4.78, 5) is 10.8. The van der Waals surface area contributed by atoms with Gasteiger partial charge in [-0.05, 0) is 12.8 Å². The number of hydrogen-bond donors (Lipinski definition) is 1. The summed E-state index contributed by atoms with van der Waals surface area (Å²) in [7, 11) is 1.43. The van der Waals surface area contributed by atoms with Crippen LogP contribution in [-0.2, 0) is 14.0 Å². The quantitative estimate of drug-likeness (QED) is 0.655. The fraction of sp³-hybridized carbons (Fsp3) is 0.833. The number of halogens is 1. The predicted octanol–water partition coefficient (Wildman–Crippen LogP) is -0.333. The van der Waals surface area contributed by atoms with Crippen molar-refractivity contribution in [1.82, 2.24) is 4.31 Å². The Bertz CT molecular complexity index is 303.